The highest BCUT2D eigenvalue weighted by atomic mass is 15.1. The first kappa shape index (κ1) is 33.8. The molecule has 0 radical (unpaired) electrons. The number of hydrogen-bond donors (Lipinski definition) is 0. The second kappa shape index (κ2) is 13.9. The minimum atomic E-state index is -0.499. The number of anilines is 3. The Kier molecular flexibility index (Phi) is 8.12. The van der Waals surface area contributed by atoms with Crippen LogP contribution in [0.25, 0.3) is 54.9 Å². The lowest BCUT2D eigenvalue weighted by Crippen LogP contribution is -2.28. The minimum absolute atomic E-state index is 0.499. The second-order valence-corrected chi connectivity index (χ2v) is 15.3. The van der Waals surface area contributed by atoms with Crippen LogP contribution in [0.15, 0.2) is 237 Å². The monoisotopic (exact) mass is 737 g/mol. The molecule has 1 nitrogen and oxygen atoms in total. The van der Waals surface area contributed by atoms with Gasteiger partial charge in [-0.2, -0.15) is 0 Å². The van der Waals surface area contributed by atoms with Gasteiger partial charge in [0.15, 0.2) is 0 Å². The highest BCUT2D eigenvalue weighted by Crippen LogP contribution is 2.59. The number of benzene rings is 10. The van der Waals surface area contributed by atoms with Crippen LogP contribution in [0.5, 0.6) is 0 Å². The van der Waals surface area contributed by atoms with Crippen molar-refractivity contribution < 1.29 is 0 Å². The molecule has 0 bridgehead atoms. The topological polar surface area (TPSA) is 3.24 Å². The standard InChI is InChI=1S/C57H39N/c1-4-17-40(18-5-1)43-21-14-22-44(37-43)45-34-33-41-35-36-49(39-46(41)38-45)58(54-31-15-20-42-19-10-11-27-50(42)54)55-32-16-30-53-56(55)51-28-12-13-29-52(51)57(53,47-23-6-2-7-24-47)48-25-8-3-9-26-48/h1-39H. The van der Waals surface area contributed by atoms with Crippen molar-refractivity contribution in [2.75, 3.05) is 4.90 Å². The molecular weight excluding hydrogens is 699 g/mol. The number of nitrogens with zero attached hydrogens (tertiary/aromatic N) is 1. The summed E-state index contributed by atoms with van der Waals surface area (Å²) in [7, 11) is 0. The Labute approximate surface area is 339 Å². The molecule has 10 aromatic rings. The third-order valence-corrected chi connectivity index (χ3v) is 12.1. The number of fused-ring (bicyclic) bond motifs is 5. The fraction of sp³-hybridized carbons (Fsp3) is 0.0175. The molecule has 1 aliphatic rings. The van der Waals surface area contributed by atoms with Gasteiger partial charge < -0.3 is 4.90 Å². The Balaban J connectivity index is 1.16. The van der Waals surface area contributed by atoms with Crippen LogP contribution in [-0.2, 0) is 5.41 Å². The van der Waals surface area contributed by atoms with Crippen LogP contribution < -0.4 is 4.90 Å². The molecule has 0 spiro atoms. The first-order chi connectivity index (χ1) is 28.8. The van der Waals surface area contributed by atoms with Crippen molar-refractivity contribution >= 4 is 38.6 Å². The first-order valence-electron chi connectivity index (χ1n) is 20.1. The normalized spacial score (nSPS) is 12.6. The Morgan fingerprint density at radius 3 is 1.66 bits per heavy atom. The molecule has 0 unspecified atom stereocenters. The highest BCUT2D eigenvalue weighted by Gasteiger charge is 2.47. The molecule has 0 aromatic heterocycles. The first-order valence-corrected chi connectivity index (χ1v) is 20.1. The molecule has 0 N–H and O–H groups in total. The van der Waals surface area contributed by atoms with E-state index in [-0.39, 0.29) is 0 Å². The van der Waals surface area contributed by atoms with Gasteiger partial charge in [-0.25, -0.2) is 0 Å². The molecule has 0 saturated carbocycles. The van der Waals surface area contributed by atoms with Gasteiger partial charge >= 0.3 is 0 Å². The Hall–Kier alpha value is -7.48. The molecule has 0 aliphatic heterocycles. The molecule has 272 valence electrons. The van der Waals surface area contributed by atoms with Crippen LogP contribution in [0.3, 0.4) is 0 Å². The molecule has 58 heavy (non-hydrogen) atoms. The van der Waals surface area contributed by atoms with Gasteiger partial charge in [0.05, 0.1) is 16.8 Å². The summed E-state index contributed by atoms with van der Waals surface area (Å²) in [5.74, 6) is 0. The molecule has 0 saturated heterocycles. The zero-order chi connectivity index (χ0) is 38.5. The Bertz CT molecular complexity index is 3070. The summed E-state index contributed by atoms with van der Waals surface area (Å²) in [6, 6.07) is 86.9. The fourth-order valence-electron chi connectivity index (χ4n) is 9.53. The zero-order valence-electron chi connectivity index (χ0n) is 32.0. The van der Waals surface area contributed by atoms with E-state index in [1.165, 1.54) is 77.2 Å². The van der Waals surface area contributed by atoms with Crippen molar-refractivity contribution in [3.63, 3.8) is 0 Å². The molecule has 0 heterocycles. The SMILES string of the molecule is c1ccc(-c2cccc(-c3ccc4ccc(N(c5cccc6c5-c5ccccc5C6(c5ccccc5)c5ccccc5)c5cccc6ccccc56)cc4c3)c2)cc1. The summed E-state index contributed by atoms with van der Waals surface area (Å²) < 4.78 is 0. The van der Waals surface area contributed by atoms with Gasteiger partial charge in [-0.1, -0.05) is 200 Å². The molecule has 0 atom stereocenters. The predicted octanol–water partition coefficient (Wildman–Crippen LogP) is 15.2. The average molecular weight is 738 g/mol. The molecule has 1 aliphatic carbocycles. The minimum Gasteiger partial charge on any atom is -0.309 e. The summed E-state index contributed by atoms with van der Waals surface area (Å²) in [4.78, 5) is 2.51. The highest BCUT2D eigenvalue weighted by molar-refractivity contribution is 6.04. The van der Waals surface area contributed by atoms with Gasteiger partial charge in [0.25, 0.3) is 0 Å². The van der Waals surface area contributed by atoms with Gasteiger partial charge in [-0.3, -0.25) is 0 Å². The fourth-order valence-corrected chi connectivity index (χ4v) is 9.53. The van der Waals surface area contributed by atoms with E-state index in [0.717, 1.165) is 17.1 Å². The summed E-state index contributed by atoms with van der Waals surface area (Å²) in [6.07, 6.45) is 0. The number of rotatable bonds is 7. The van der Waals surface area contributed by atoms with Crippen LogP contribution in [0.4, 0.5) is 17.1 Å². The Morgan fingerprint density at radius 2 is 0.862 bits per heavy atom. The quantitative estimate of drug-likeness (QED) is 0.157. The van der Waals surface area contributed by atoms with Crippen molar-refractivity contribution in [3.8, 4) is 33.4 Å². The summed E-state index contributed by atoms with van der Waals surface area (Å²) in [5, 5.41) is 4.82. The smallest absolute Gasteiger partial charge is 0.0714 e. The van der Waals surface area contributed by atoms with Crippen molar-refractivity contribution in [3.05, 3.63) is 259 Å². The largest absolute Gasteiger partial charge is 0.309 e. The lowest BCUT2D eigenvalue weighted by Gasteiger charge is -2.34. The van der Waals surface area contributed by atoms with Crippen molar-refractivity contribution in [1.29, 1.82) is 0 Å². The molecule has 10 aromatic carbocycles. The zero-order valence-corrected chi connectivity index (χ0v) is 32.0. The van der Waals surface area contributed by atoms with Crippen molar-refractivity contribution in [2.45, 2.75) is 5.41 Å². The van der Waals surface area contributed by atoms with Gasteiger partial charge in [0.1, 0.15) is 0 Å². The summed E-state index contributed by atoms with van der Waals surface area (Å²) in [6.45, 7) is 0. The maximum absolute atomic E-state index is 2.51. The van der Waals surface area contributed by atoms with E-state index in [2.05, 4.69) is 241 Å². The van der Waals surface area contributed by atoms with Gasteiger partial charge in [0.2, 0.25) is 0 Å². The van der Waals surface area contributed by atoms with Gasteiger partial charge in [-0.15, -0.1) is 0 Å². The molecule has 11 rings (SSSR count). The van der Waals surface area contributed by atoms with Crippen LogP contribution in [0, 0.1) is 0 Å². The van der Waals surface area contributed by atoms with Crippen LogP contribution in [0.2, 0.25) is 0 Å². The van der Waals surface area contributed by atoms with Gasteiger partial charge in [-0.05, 0) is 103 Å². The third kappa shape index (κ3) is 5.39. The molecular formula is C57H39N. The van der Waals surface area contributed by atoms with E-state index >= 15 is 0 Å². The lowest BCUT2D eigenvalue weighted by atomic mass is 9.68. The van der Waals surface area contributed by atoms with E-state index < -0.39 is 5.41 Å². The lowest BCUT2D eigenvalue weighted by molar-refractivity contribution is 0.768. The van der Waals surface area contributed by atoms with Crippen molar-refractivity contribution in [1.82, 2.24) is 0 Å². The number of hydrogen-bond acceptors (Lipinski definition) is 1. The van der Waals surface area contributed by atoms with E-state index in [9.17, 15) is 0 Å². The molecule has 1 heteroatoms. The summed E-state index contributed by atoms with van der Waals surface area (Å²) >= 11 is 0. The molecule has 0 amide bonds. The Morgan fingerprint density at radius 1 is 0.310 bits per heavy atom. The van der Waals surface area contributed by atoms with Crippen molar-refractivity contribution in [2.24, 2.45) is 0 Å². The molecule has 0 fully saturated rings. The van der Waals surface area contributed by atoms with Crippen LogP contribution >= 0.6 is 0 Å². The predicted molar refractivity (Wildman–Crippen MR) is 244 cm³/mol. The third-order valence-electron chi connectivity index (χ3n) is 12.1. The van der Waals surface area contributed by atoms with E-state index in [0.29, 0.717) is 0 Å². The summed E-state index contributed by atoms with van der Waals surface area (Å²) in [5.41, 5.74) is 15.4. The van der Waals surface area contributed by atoms with E-state index in [1.54, 1.807) is 0 Å². The average Bonchev–Trinajstić information content (AvgIpc) is 3.61. The van der Waals surface area contributed by atoms with Gasteiger partial charge in [0, 0.05) is 16.6 Å². The maximum atomic E-state index is 2.51. The maximum Gasteiger partial charge on any atom is 0.0714 e. The van der Waals surface area contributed by atoms with E-state index in [1.807, 2.05) is 0 Å². The second-order valence-electron chi connectivity index (χ2n) is 15.3. The van der Waals surface area contributed by atoms with Crippen LogP contribution in [0.1, 0.15) is 22.3 Å². The van der Waals surface area contributed by atoms with E-state index in [4.69, 9.17) is 0 Å². The van der Waals surface area contributed by atoms with Crippen LogP contribution in [-0.4, -0.2) is 0 Å².